The Morgan fingerprint density at radius 2 is 1.81 bits per heavy atom. The van der Waals surface area contributed by atoms with Gasteiger partial charge in [0.15, 0.2) is 11.6 Å². The monoisotopic (exact) mass is 445 g/mol. The predicted octanol–water partition coefficient (Wildman–Crippen LogP) is 3.58. The van der Waals surface area contributed by atoms with Crippen LogP contribution < -0.4 is 14.3 Å². The van der Waals surface area contributed by atoms with Gasteiger partial charge in [-0.05, 0) is 48.6 Å². The number of para-hydroxylation sites is 1. The van der Waals surface area contributed by atoms with Crippen molar-refractivity contribution in [2.24, 2.45) is 10.2 Å². The van der Waals surface area contributed by atoms with Crippen molar-refractivity contribution in [3.63, 3.8) is 0 Å². The zero-order chi connectivity index (χ0) is 22.5. The third-order valence-corrected chi connectivity index (χ3v) is 5.54. The molecule has 2 aromatic carbocycles. The molecule has 0 aliphatic heterocycles. The first-order valence-electron chi connectivity index (χ1n) is 9.64. The van der Waals surface area contributed by atoms with E-state index in [2.05, 4.69) is 10.2 Å². The summed E-state index contributed by atoms with van der Waals surface area (Å²) in [5.41, 5.74) is 2.40. The first kappa shape index (κ1) is 21.2. The van der Waals surface area contributed by atoms with Crippen LogP contribution in [-0.2, 0) is 9.59 Å². The summed E-state index contributed by atoms with van der Waals surface area (Å²) in [4.78, 5) is 24.9. The van der Waals surface area contributed by atoms with Gasteiger partial charge in [-0.15, -0.1) is 16.4 Å². The van der Waals surface area contributed by atoms with Crippen LogP contribution in [0, 0.1) is 0 Å². The Bertz CT molecular complexity index is 1330. The van der Waals surface area contributed by atoms with E-state index in [0.29, 0.717) is 33.1 Å². The molecule has 4 rings (SSSR count). The summed E-state index contributed by atoms with van der Waals surface area (Å²) in [6.45, 7) is 0. The van der Waals surface area contributed by atoms with Crippen molar-refractivity contribution >= 4 is 34.7 Å². The van der Waals surface area contributed by atoms with Crippen LogP contribution in [-0.4, -0.2) is 36.6 Å². The lowest BCUT2D eigenvalue weighted by Gasteiger charge is -2.11. The van der Waals surface area contributed by atoms with E-state index in [0.717, 1.165) is 5.69 Å². The average molecular weight is 446 g/mol. The maximum absolute atomic E-state index is 12.5. The maximum Gasteiger partial charge on any atom is 0.215 e. The van der Waals surface area contributed by atoms with Gasteiger partial charge in [0.1, 0.15) is 11.5 Å². The molecule has 0 unspecified atom stereocenters. The largest absolute Gasteiger partial charge is 0.497 e. The summed E-state index contributed by atoms with van der Waals surface area (Å²) in [6, 6.07) is 14.9. The Labute approximate surface area is 188 Å². The molecule has 0 fully saturated rings. The Hall–Kier alpha value is -4.04. The highest BCUT2D eigenvalue weighted by molar-refractivity contribution is 7.07. The summed E-state index contributed by atoms with van der Waals surface area (Å²) in [7, 11) is 3.17. The molecule has 0 amide bonds. The minimum atomic E-state index is -0.233. The van der Waals surface area contributed by atoms with E-state index < -0.39 is 0 Å². The summed E-state index contributed by atoms with van der Waals surface area (Å²) in [6.07, 6.45) is 5.47. The molecule has 0 saturated heterocycles. The second-order valence-corrected chi connectivity index (χ2v) is 7.52. The summed E-state index contributed by atoms with van der Waals surface area (Å²) in [5, 5.41) is 10.4. The average Bonchev–Trinajstić information content (AvgIpc) is 3.24. The fourth-order valence-corrected chi connectivity index (χ4v) is 4.04. The topological polar surface area (TPSA) is 82.2 Å². The lowest BCUT2D eigenvalue weighted by atomic mass is 10.0. The minimum Gasteiger partial charge on any atom is -0.497 e. The van der Waals surface area contributed by atoms with Crippen molar-refractivity contribution in [1.29, 1.82) is 0 Å². The second-order valence-electron chi connectivity index (χ2n) is 6.68. The number of ketones is 2. The molecule has 3 aromatic rings. The van der Waals surface area contributed by atoms with Crippen LogP contribution in [0.25, 0.3) is 11.3 Å². The van der Waals surface area contributed by atoms with Crippen LogP contribution in [0.4, 0.5) is 0 Å². The predicted molar refractivity (Wildman–Crippen MR) is 123 cm³/mol. The minimum absolute atomic E-state index is 0.230. The van der Waals surface area contributed by atoms with Crippen LogP contribution in [0.5, 0.6) is 11.5 Å². The van der Waals surface area contributed by atoms with E-state index in [4.69, 9.17) is 9.47 Å². The normalized spacial score (nSPS) is 14.2. The molecule has 0 N–H and O–H groups in total. The molecular weight excluding hydrogens is 426 g/mol. The van der Waals surface area contributed by atoms with Gasteiger partial charge in [0.2, 0.25) is 4.80 Å². The molecule has 8 heteroatoms. The third-order valence-electron chi connectivity index (χ3n) is 4.73. The Morgan fingerprint density at radius 1 is 1.00 bits per heavy atom. The molecule has 7 nitrogen and oxygen atoms in total. The first-order valence-corrected chi connectivity index (χ1v) is 10.5. The van der Waals surface area contributed by atoms with Gasteiger partial charge in [-0.1, -0.05) is 18.2 Å². The van der Waals surface area contributed by atoms with Crippen LogP contribution in [0.3, 0.4) is 0 Å². The number of nitrogens with zero attached hydrogens (tertiary/aromatic N) is 3. The molecule has 0 radical (unpaired) electrons. The van der Waals surface area contributed by atoms with Crippen LogP contribution in [0.15, 0.2) is 82.3 Å². The molecule has 1 heterocycles. The fourth-order valence-electron chi connectivity index (χ4n) is 3.19. The summed E-state index contributed by atoms with van der Waals surface area (Å²) in [5.74, 6) is 0.844. The number of methoxy groups -OCH3 is 2. The fraction of sp³-hybridized carbons (Fsp3) is 0.0833. The number of hydrogen-bond acceptors (Lipinski definition) is 7. The van der Waals surface area contributed by atoms with E-state index in [1.54, 1.807) is 48.6 Å². The molecule has 1 aliphatic carbocycles. The molecule has 1 aromatic heterocycles. The number of aromatic nitrogens is 1. The quantitative estimate of drug-likeness (QED) is 0.330. The van der Waals surface area contributed by atoms with E-state index >= 15 is 0 Å². The van der Waals surface area contributed by atoms with E-state index in [1.165, 1.54) is 29.6 Å². The van der Waals surface area contributed by atoms with Crippen molar-refractivity contribution in [2.75, 3.05) is 14.2 Å². The third kappa shape index (κ3) is 4.35. The highest BCUT2D eigenvalue weighted by atomic mass is 32.1. The number of benzene rings is 2. The van der Waals surface area contributed by atoms with Gasteiger partial charge in [0.05, 0.1) is 31.7 Å². The van der Waals surface area contributed by atoms with Crippen LogP contribution in [0.2, 0.25) is 0 Å². The standard InChI is InChI=1S/C24H19N3O4S/c1-30-19-9-11-23(31-2)16(12-19)14-25-26-24-27(17-6-4-3-5-7-17)21(15-32-24)20-13-18(28)8-10-22(20)29/h3-15H,1-2H3/b25-14+,26-24-. The van der Waals surface area contributed by atoms with E-state index in [1.807, 2.05) is 30.3 Å². The van der Waals surface area contributed by atoms with Crippen molar-refractivity contribution in [1.82, 2.24) is 4.57 Å². The number of carbonyl (C=O) groups is 2. The second kappa shape index (κ2) is 9.40. The maximum atomic E-state index is 12.5. The molecular formula is C24H19N3O4S. The van der Waals surface area contributed by atoms with E-state index in [-0.39, 0.29) is 11.6 Å². The van der Waals surface area contributed by atoms with Gasteiger partial charge >= 0.3 is 0 Å². The molecule has 1 aliphatic rings. The van der Waals surface area contributed by atoms with Gasteiger partial charge in [-0.3, -0.25) is 14.2 Å². The lowest BCUT2D eigenvalue weighted by molar-refractivity contribution is -0.113. The van der Waals surface area contributed by atoms with Crippen molar-refractivity contribution < 1.29 is 19.1 Å². The highest BCUT2D eigenvalue weighted by Gasteiger charge is 2.20. The van der Waals surface area contributed by atoms with Gasteiger partial charge in [0.25, 0.3) is 0 Å². The molecule has 32 heavy (non-hydrogen) atoms. The highest BCUT2D eigenvalue weighted by Crippen LogP contribution is 2.24. The summed E-state index contributed by atoms with van der Waals surface area (Å²) >= 11 is 1.32. The van der Waals surface area contributed by atoms with Gasteiger partial charge in [0, 0.05) is 16.6 Å². The Morgan fingerprint density at radius 3 is 2.56 bits per heavy atom. The van der Waals surface area contributed by atoms with Gasteiger partial charge < -0.3 is 9.47 Å². The molecule has 0 spiro atoms. The van der Waals surface area contributed by atoms with Crippen molar-refractivity contribution in [3.05, 3.63) is 88.2 Å². The zero-order valence-corrected chi connectivity index (χ0v) is 18.2. The van der Waals surface area contributed by atoms with Crippen molar-refractivity contribution in [2.45, 2.75) is 0 Å². The molecule has 0 bridgehead atoms. The summed E-state index contributed by atoms with van der Waals surface area (Å²) < 4.78 is 12.4. The lowest BCUT2D eigenvalue weighted by Crippen LogP contribution is -2.18. The smallest absolute Gasteiger partial charge is 0.215 e. The number of allylic oxidation sites excluding steroid dienone is 4. The first-order chi connectivity index (χ1) is 15.6. The Balaban J connectivity index is 1.81. The molecule has 0 atom stereocenters. The Kier molecular flexibility index (Phi) is 6.23. The van der Waals surface area contributed by atoms with Crippen LogP contribution in [0.1, 0.15) is 11.3 Å². The number of hydrogen-bond donors (Lipinski definition) is 0. The van der Waals surface area contributed by atoms with Crippen molar-refractivity contribution in [3.8, 4) is 17.2 Å². The number of ether oxygens (including phenoxy) is 2. The molecule has 160 valence electrons. The SMILES string of the molecule is COc1ccc(OC)c(/C=N/N=c2\scc(C3=CC(=O)C=CC3=O)n2-c2ccccc2)c1. The van der Waals surface area contributed by atoms with Gasteiger partial charge in [-0.25, -0.2) is 0 Å². The van der Waals surface area contributed by atoms with E-state index in [9.17, 15) is 9.59 Å². The zero-order valence-electron chi connectivity index (χ0n) is 17.4. The van der Waals surface area contributed by atoms with Gasteiger partial charge in [-0.2, -0.15) is 5.10 Å². The number of rotatable bonds is 6. The van der Waals surface area contributed by atoms with Crippen LogP contribution >= 0.6 is 11.3 Å². The number of thiazole rings is 1. The molecule has 0 saturated carbocycles. The number of carbonyl (C=O) groups excluding carboxylic acids is 2.